The molecule has 1 N–H and O–H groups in total. The third-order valence-electron chi connectivity index (χ3n) is 3.83. The van der Waals surface area contributed by atoms with Crippen LogP contribution in [0.25, 0.3) is 22.4 Å². The predicted molar refractivity (Wildman–Crippen MR) is 97.4 cm³/mol. The molecule has 0 saturated heterocycles. The Morgan fingerprint density at radius 2 is 1.90 bits per heavy atom. The van der Waals surface area contributed by atoms with Gasteiger partial charge in [0.1, 0.15) is 5.82 Å². The minimum absolute atomic E-state index is 0.0667. The standard InChI is InChI=1S/C19H16FN3O6/c1-3-27-19(26)22-15(24)9-28-18(25)13-8-14(11-4-6-12(20)7-5-11)21-17-16(13)10(2)23-29-17/h4-8H,3,9H2,1-2H3,(H,22,24,26). The molecule has 1 aromatic carbocycles. The molecule has 0 radical (unpaired) electrons. The molecule has 3 aromatic rings. The summed E-state index contributed by atoms with van der Waals surface area (Å²) >= 11 is 0. The van der Waals surface area contributed by atoms with Gasteiger partial charge >= 0.3 is 12.1 Å². The Morgan fingerprint density at radius 3 is 2.59 bits per heavy atom. The number of rotatable bonds is 5. The van der Waals surface area contributed by atoms with E-state index in [1.807, 2.05) is 5.32 Å². The molecule has 0 spiro atoms. The van der Waals surface area contributed by atoms with E-state index in [0.717, 1.165) is 0 Å². The molecule has 0 aliphatic rings. The van der Waals surface area contributed by atoms with E-state index in [9.17, 15) is 18.8 Å². The van der Waals surface area contributed by atoms with E-state index in [4.69, 9.17) is 9.26 Å². The topological polar surface area (TPSA) is 121 Å². The number of hydrogen-bond acceptors (Lipinski definition) is 8. The van der Waals surface area contributed by atoms with Gasteiger partial charge in [0.2, 0.25) is 0 Å². The number of nitrogens with one attached hydrogen (secondary N) is 1. The van der Waals surface area contributed by atoms with E-state index < -0.39 is 30.4 Å². The molecule has 29 heavy (non-hydrogen) atoms. The second kappa shape index (κ2) is 8.46. The van der Waals surface area contributed by atoms with Crippen LogP contribution in [-0.4, -0.2) is 41.3 Å². The summed E-state index contributed by atoms with van der Waals surface area (Å²) in [6, 6.07) is 6.93. The molecule has 9 nitrogen and oxygen atoms in total. The van der Waals surface area contributed by atoms with Gasteiger partial charge in [-0.2, -0.15) is 0 Å². The number of hydrogen-bond donors (Lipinski definition) is 1. The van der Waals surface area contributed by atoms with Gasteiger partial charge in [0.25, 0.3) is 11.6 Å². The first-order valence-corrected chi connectivity index (χ1v) is 8.55. The van der Waals surface area contributed by atoms with Crippen molar-refractivity contribution in [3.8, 4) is 11.3 Å². The highest BCUT2D eigenvalue weighted by molar-refractivity contribution is 6.05. The Bertz CT molecular complexity index is 1080. The number of fused-ring (bicyclic) bond motifs is 1. The highest BCUT2D eigenvalue weighted by Gasteiger charge is 2.21. The number of aromatic nitrogens is 2. The monoisotopic (exact) mass is 401 g/mol. The maximum Gasteiger partial charge on any atom is 0.413 e. The van der Waals surface area contributed by atoms with E-state index in [1.54, 1.807) is 13.8 Å². The first-order chi connectivity index (χ1) is 13.9. The lowest BCUT2D eigenvalue weighted by molar-refractivity contribution is -0.123. The largest absolute Gasteiger partial charge is 0.452 e. The van der Waals surface area contributed by atoms with Crippen molar-refractivity contribution in [2.45, 2.75) is 13.8 Å². The van der Waals surface area contributed by atoms with Crippen LogP contribution in [0.5, 0.6) is 0 Å². The van der Waals surface area contributed by atoms with Crippen molar-refractivity contribution < 1.29 is 32.8 Å². The van der Waals surface area contributed by atoms with Crippen molar-refractivity contribution in [2.75, 3.05) is 13.2 Å². The predicted octanol–water partition coefficient (Wildman–Crippen LogP) is 2.77. The number of ether oxygens (including phenoxy) is 2. The summed E-state index contributed by atoms with van der Waals surface area (Å²) in [5, 5.41) is 6.04. The fourth-order valence-corrected chi connectivity index (χ4v) is 2.55. The van der Waals surface area contributed by atoms with Gasteiger partial charge in [0.05, 0.1) is 28.9 Å². The van der Waals surface area contributed by atoms with Gasteiger partial charge in [0.15, 0.2) is 6.61 Å². The molecule has 2 heterocycles. The number of aryl methyl sites for hydroxylation is 1. The molecule has 0 bridgehead atoms. The van der Waals surface area contributed by atoms with Crippen molar-refractivity contribution in [3.63, 3.8) is 0 Å². The van der Waals surface area contributed by atoms with Crippen molar-refractivity contribution in [1.82, 2.24) is 15.5 Å². The van der Waals surface area contributed by atoms with Crippen LogP contribution in [0.3, 0.4) is 0 Å². The summed E-state index contributed by atoms with van der Waals surface area (Å²) in [6.45, 7) is 2.60. The Kier molecular flexibility index (Phi) is 5.82. The highest BCUT2D eigenvalue weighted by Crippen LogP contribution is 2.27. The Hall–Kier alpha value is -3.82. The lowest BCUT2D eigenvalue weighted by Crippen LogP contribution is -2.34. The maximum atomic E-state index is 13.2. The molecule has 0 unspecified atom stereocenters. The Balaban J connectivity index is 1.86. The molecule has 0 aliphatic heterocycles. The van der Waals surface area contributed by atoms with E-state index in [1.165, 1.54) is 30.3 Å². The molecule has 0 aliphatic carbocycles. The van der Waals surface area contributed by atoms with E-state index >= 15 is 0 Å². The fraction of sp³-hybridized carbons (Fsp3) is 0.211. The Labute approximate surface area is 163 Å². The number of halogens is 1. The maximum absolute atomic E-state index is 13.2. The second-order valence-corrected chi connectivity index (χ2v) is 5.85. The van der Waals surface area contributed by atoms with Crippen LogP contribution >= 0.6 is 0 Å². The second-order valence-electron chi connectivity index (χ2n) is 5.85. The zero-order valence-corrected chi connectivity index (χ0v) is 15.5. The summed E-state index contributed by atoms with van der Waals surface area (Å²) in [5.41, 5.74) is 1.43. The molecule has 150 valence electrons. The number of carbonyl (C=O) groups excluding carboxylic acids is 3. The molecule has 0 atom stereocenters. The summed E-state index contributed by atoms with van der Waals surface area (Å²) in [6.07, 6.45) is -0.937. The molecular formula is C19H16FN3O6. The van der Waals surface area contributed by atoms with Gasteiger partial charge in [-0.1, -0.05) is 5.16 Å². The van der Waals surface area contributed by atoms with Gasteiger partial charge in [0, 0.05) is 5.56 Å². The quantitative estimate of drug-likeness (QED) is 0.648. The summed E-state index contributed by atoms with van der Waals surface area (Å²) in [5.74, 6) is -2.11. The average Bonchev–Trinajstić information content (AvgIpc) is 3.07. The number of alkyl carbamates (subject to hydrolysis) is 1. The van der Waals surface area contributed by atoms with Gasteiger partial charge in [-0.15, -0.1) is 0 Å². The third-order valence-corrected chi connectivity index (χ3v) is 3.83. The Morgan fingerprint density at radius 1 is 1.17 bits per heavy atom. The first-order valence-electron chi connectivity index (χ1n) is 8.55. The van der Waals surface area contributed by atoms with Crippen molar-refractivity contribution in [2.24, 2.45) is 0 Å². The minimum Gasteiger partial charge on any atom is -0.452 e. The number of benzene rings is 1. The summed E-state index contributed by atoms with van der Waals surface area (Å²) in [4.78, 5) is 39.8. The van der Waals surface area contributed by atoms with Crippen LogP contribution in [0.4, 0.5) is 9.18 Å². The van der Waals surface area contributed by atoms with Crippen LogP contribution in [0.2, 0.25) is 0 Å². The van der Waals surface area contributed by atoms with E-state index in [0.29, 0.717) is 22.3 Å². The SMILES string of the molecule is CCOC(=O)NC(=O)COC(=O)c1cc(-c2ccc(F)cc2)nc2onc(C)c12. The molecule has 10 heteroatoms. The number of pyridine rings is 1. The zero-order chi connectivity index (χ0) is 21.0. The number of amides is 2. The molecule has 0 fully saturated rings. The zero-order valence-electron chi connectivity index (χ0n) is 15.5. The van der Waals surface area contributed by atoms with Crippen LogP contribution in [-0.2, 0) is 14.3 Å². The first kappa shape index (κ1) is 19.9. The third kappa shape index (κ3) is 4.54. The average molecular weight is 401 g/mol. The van der Waals surface area contributed by atoms with E-state index in [2.05, 4.69) is 14.9 Å². The number of esters is 1. The van der Waals surface area contributed by atoms with E-state index in [-0.39, 0.29) is 17.9 Å². The lowest BCUT2D eigenvalue weighted by atomic mass is 10.1. The van der Waals surface area contributed by atoms with Crippen LogP contribution in [0, 0.1) is 12.7 Å². The summed E-state index contributed by atoms with van der Waals surface area (Å²) < 4.78 is 27.9. The van der Waals surface area contributed by atoms with Crippen LogP contribution in [0.15, 0.2) is 34.9 Å². The number of carbonyl (C=O) groups is 3. The lowest BCUT2D eigenvalue weighted by Gasteiger charge is -2.08. The van der Waals surface area contributed by atoms with Gasteiger partial charge in [-0.3, -0.25) is 10.1 Å². The summed E-state index contributed by atoms with van der Waals surface area (Å²) in [7, 11) is 0. The van der Waals surface area contributed by atoms with Crippen LogP contribution < -0.4 is 5.32 Å². The fourth-order valence-electron chi connectivity index (χ4n) is 2.55. The molecule has 2 aromatic heterocycles. The van der Waals surface area contributed by atoms with Crippen molar-refractivity contribution in [1.29, 1.82) is 0 Å². The number of nitrogens with zero attached hydrogens (tertiary/aromatic N) is 2. The molecule has 2 amide bonds. The van der Waals surface area contributed by atoms with Gasteiger partial charge < -0.3 is 14.0 Å². The molecule has 3 rings (SSSR count). The van der Waals surface area contributed by atoms with Gasteiger partial charge in [-0.25, -0.2) is 19.0 Å². The molecular weight excluding hydrogens is 385 g/mol. The number of imide groups is 1. The van der Waals surface area contributed by atoms with Crippen molar-refractivity contribution in [3.05, 3.63) is 47.4 Å². The van der Waals surface area contributed by atoms with Gasteiger partial charge in [-0.05, 0) is 44.2 Å². The smallest absolute Gasteiger partial charge is 0.413 e. The highest BCUT2D eigenvalue weighted by atomic mass is 19.1. The molecule has 0 saturated carbocycles. The van der Waals surface area contributed by atoms with Crippen LogP contribution in [0.1, 0.15) is 23.0 Å². The normalized spacial score (nSPS) is 10.6. The van der Waals surface area contributed by atoms with Crippen molar-refractivity contribution >= 4 is 29.1 Å². The minimum atomic E-state index is -0.937.